The van der Waals surface area contributed by atoms with Gasteiger partial charge < -0.3 is 4.42 Å². The van der Waals surface area contributed by atoms with Crippen molar-refractivity contribution in [3.05, 3.63) is 59.0 Å². The molecule has 7 heteroatoms. The Labute approximate surface area is 118 Å². The molecule has 0 N–H and O–H groups in total. The Morgan fingerprint density at radius 1 is 1.05 bits per heavy atom. The van der Waals surface area contributed by atoms with Crippen LogP contribution in [0.4, 0.5) is 3.89 Å². The average molecular weight is 305 g/mol. The van der Waals surface area contributed by atoms with Crippen LogP contribution < -0.4 is 5.63 Å². The normalized spacial score (nSPS) is 11.7. The third kappa shape index (κ3) is 2.55. The molecule has 3 rings (SSSR count). The van der Waals surface area contributed by atoms with Crippen molar-refractivity contribution in [3.63, 3.8) is 0 Å². The zero-order valence-electron chi connectivity index (χ0n) is 10.5. The fourth-order valence-electron chi connectivity index (χ4n) is 1.92. The third-order valence-electron chi connectivity index (χ3n) is 2.90. The summed E-state index contributed by atoms with van der Waals surface area (Å²) in [6.07, 6.45) is 0. The lowest BCUT2D eigenvalue weighted by Gasteiger charge is -2.02. The van der Waals surface area contributed by atoms with E-state index in [2.05, 4.69) is 4.98 Å². The van der Waals surface area contributed by atoms with Crippen LogP contribution in [0.5, 0.6) is 0 Å². The number of benzene rings is 2. The highest BCUT2D eigenvalue weighted by atomic mass is 32.3. The van der Waals surface area contributed by atoms with Crippen molar-refractivity contribution in [2.75, 3.05) is 0 Å². The van der Waals surface area contributed by atoms with Crippen LogP contribution in [0.2, 0.25) is 0 Å². The van der Waals surface area contributed by atoms with Crippen molar-refractivity contribution in [1.82, 2.24) is 4.98 Å². The summed E-state index contributed by atoms with van der Waals surface area (Å²) >= 11 is 0. The van der Waals surface area contributed by atoms with Gasteiger partial charge in [-0.2, -0.15) is 8.42 Å². The molecule has 3 aromatic rings. The molecule has 0 spiro atoms. The summed E-state index contributed by atoms with van der Waals surface area (Å²) in [7, 11) is -4.83. The Balaban J connectivity index is 2.24. The largest absolute Gasteiger partial charge is 0.403 e. The van der Waals surface area contributed by atoms with Gasteiger partial charge in [-0.05, 0) is 30.3 Å². The molecule has 0 aliphatic carbocycles. The monoisotopic (exact) mass is 305 g/mol. The molecule has 106 valence electrons. The van der Waals surface area contributed by atoms with Gasteiger partial charge in [0.2, 0.25) is 5.89 Å². The van der Waals surface area contributed by atoms with Crippen LogP contribution in [0.15, 0.2) is 62.6 Å². The molecular weight excluding hydrogens is 297 g/mol. The predicted molar refractivity (Wildman–Crippen MR) is 74.0 cm³/mol. The van der Waals surface area contributed by atoms with Gasteiger partial charge in [-0.25, -0.2) is 9.78 Å². The van der Waals surface area contributed by atoms with E-state index in [9.17, 15) is 17.1 Å². The van der Waals surface area contributed by atoms with Crippen molar-refractivity contribution < 1.29 is 16.7 Å². The first-order valence-corrected chi connectivity index (χ1v) is 7.28. The standard InChI is InChI=1S/C14H8FNO4S/c15-21(18,19)10-5-3-4-9(8-10)13-16-12-7-2-1-6-11(12)14(17)20-13/h1-8H. The first-order valence-electron chi connectivity index (χ1n) is 5.90. The second-order valence-corrected chi connectivity index (χ2v) is 5.64. The number of para-hydroxylation sites is 1. The molecule has 1 heterocycles. The van der Waals surface area contributed by atoms with Crippen LogP contribution in [0.1, 0.15) is 0 Å². The number of aromatic nitrogens is 1. The summed E-state index contributed by atoms with van der Waals surface area (Å²) in [5.41, 5.74) is 0.0259. The van der Waals surface area contributed by atoms with E-state index in [1.54, 1.807) is 24.3 Å². The van der Waals surface area contributed by atoms with Gasteiger partial charge >= 0.3 is 15.8 Å². The molecule has 0 amide bonds. The van der Waals surface area contributed by atoms with Crippen LogP contribution in [-0.4, -0.2) is 13.4 Å². The van der Waals surface area contributed by atoms with Crippen molar-refractivity contribution >= 4 is 21.1 Å². The minimum absolute atomic E-state index is 0.0656. The van der Waals surface area contributed by atoms with Crippen molar-refractivity contribution in [1.29, 1.82) is 0 Å². The zero-order valence-corrected chi connectivity index (χ0v) is 11.3. The number of nitrogens with zero attached hydrogens (tertiary/aromatic N) is 1. The van der Waals surface area contributed by atoms with Gasteiger partial charge in [-0.15, -0.1) is 3.89 Å². The maximum Gasteiger partial charge on any atom is 0.347 e. The minimum Gasteiger partial charge on any atom is -0.403 e. The smallest absolute Gasteiger partial charge is 0.347 e. The second kappa shape index (κ2) is 4.78. The van der Waals surface area contributed by atoms with Crippen molar-refractivity contribution in [3.8, 4) is 11.5 Å². The van der Waals surface area contributed by atoms with E-state index in [4.69, 9.17) is 4.42 Å². The van der Waals surface area contributed by atoms with Crippen molar-refractivity contribution in [2.45, 2.75) is 4.90 Å². The predicted octanol–water partition coefficient (Wildman–Crippen LogP) is 2.51. The highest BCUT2D eigenvalue weighted by Crippen LogP contribution is 2.22. The molecule has 0 aliphatic heterocycles. The number of halogens is 1. The van der Waals surface area contributed by atoms with Crippen LogP contribution in [0.25, 0.3) is 22.4 Å². The lowest BCUT2D eigenvalue weighted by molar-refractivity contribution is 0.518. The Kier molecular flexibility index (Phi) is 3.06. The maximum atomic E-state index is 13.0. The summed E-state index contributed by atoms with van der Waals surface area (Å²) in [5.74, 6) is -0.0656. The molecule has 0 radical (unpaired) electrons. The topological polar surface area (TPSA) is 77.2 Å². The van der Waals surface area contributed by atoms with Gasteiger partial charge in [0.1, 0.15) is 0 Å². The number of hydrogen-bond donors (Lipinski definition) is 0. The van der Waals surface area contributed by atoms with Gasteiger partial charge in [0.25, 0.3) is 0 Å². The first-order chi connectivity index (χ1) is 9.95. The number of rotatable bonds is 2. The molecule has 1 aromatic heterocycles. The number of hydrogen-bond acceptors (Lipinski definition) is 5. The lowest BCUT2D eigenvalue weighted by atomic mass is 10.2. The molecule has 5 nitrogen and oxygen atoms in total. The van der Waals surface area contributed by atoms with E-state index >= 15 is 0 Å². The highest BCUT2D eigenvalue weighted by molar-refractivity contribution is 7.86. The lowest BCUT2D eigenvalue weighted by Crippen LogP contribution is -2.03. The first kappa shape index (κ1) is 13.4. The molecule has 0 bridgehead atoms. The highest BCUT2D eigenvalue weighted by Gasteiger charge is 2.14. The molecule has 0 saturated heterocycles. The summed E-state index contributed by atoms with van der Waals surface area (Å²) in [4.78, 5) is 15.5. The van der Waals surface area contributed by atoms with Gasteiger partial charge in [0.05, 0.1) is 15.8 Å². The van der Waals surface area contributed by atoms with Gasteiger partial charge in [-0.1, -0.05) is 18.2 Å². The van der Waals surface area contributed by atoms with Gasteiger partial charge in [0, 0.05) is 5.56 Å². The maximum absolute atomic E-state index is 13.0. The Bertz CT molecular complexity index is 995. The molecule has 2 aromatic carbocycles. The quantitative estimate of drug-likeness (QED) is 0.680. The fourth-order valence-corrected chi connectivity index (χ4v) is 2.43. The summed E-state index contributed by atoms with van der Waals surface area (Å²) < 4.78 is 39.9. The summed E-state index contributed by atoms with van der Waals surface area (Å²) in [6, 6.07) is 11.6. The molecule has 0 aliphatic rings. The second-order valence-electron chi connectivity index (χ2n) is 4.29. The van der Waals surface area contributed by atoms with E-state index in [-0.39, 0.29) is 11.5 Å². The molecule has 0 saturated carbocycles. The van der Waals surface area contributed by atoms with E-state index in [0.717, 1.165) is 12.1 Å². The van der Waals surface area contributed by atoms with Crippen LogP contribution >= 0.6 is 0 Å². The fraction of sp³-hybridized carbons (Fsp3) is 0. The van der Waals surface area contributed by atoms with Crippen LogP contribution in [-0.2, 0) is 10.2 Å². The zero-order chi connectivity index (χ0) is 15.0. The van der Waals surface area contributed by atoms with Crippen LogP contribution in [0.3, 0.4) is 0 Å². The van der Waals surface area contributed by atoms with E-state index < -0.39 is 20.7 Å². The third-order valence-corrected chi connectivity index (χ3v) is 3.71. The van der Waals surface area contributed by atoms with Gasteiger partial charge in [0.15, 0.2) is 0 Å². The Morgan fingerprint density at radius 3 is 2.57 bits per heavy atom. The Hall–Kier alpha value is -2.54. The number of fused-ring (bicyclic) bond motifs is 1. The summed E-state index contributed by atoms with van der Waals surface area (Å²) in [6.45, 7) is 0. The van der Waals surface area contributed by atoms with Gasteiger partial charge in [-0.3, -0.25) is 0 Å². The van der Waals surface area contributed by atoms with E-state index in [1.807, 2.05) is 0 Å². The Morgan fingerprint density at radius 2 is 1.81 bits per heavy atom. The van der Waals surface area contributed by atoms with Crippen molar-refractivity contribution in [2.24, 2.45) is 0 Å². The van der Waals surface area contributed by atoms with E-state index in [1.165, 1.54) is 12.1 Å². The summed E-state index contributed by atoms with van der Waals surface area (Å²) in [5, 5.41) is 0.315. The van der Waals surface area contributed by atoms with Crippen LogP contribution in [0, 0.1) is 0 Å². The van der Waals surface area contributed by atoms with E-state index in [0.29, 0.717) is 10.9 Å². The SMILES string of the molecule is O=c1oc(-c2cccc(S(=O)(=O)F)c2)nc2ccccc12. The molecule has 0 unspecified atom stereocenters. The molecule has 0 atom stereocenters. The molecule has 21 heavy (non-hydrogen) atoms. The molecule has 0 fully saturated rings. The minimum atomic E-state index is -4.83. The average Bonchev–Trinajstić information content (AvgIpc) is 2.46. The molecular formula is C14H8FNO4S.